The van der Waals surface area contributed by atoms with E-state index >= 15 is 0 Å². The van der Waals surface area contributed by atoms with Gasteiger partial charge in [-0.1, -0.05) is 31.7 Å². The Balaban J connectivity index is 2.39. The molecule has 0 N–H and O–H groups in total. The number of hydrogen-bond donors (Lipinski definition) is 0. The molecule has 0 radical (unpaired) electrons. The lowest BCUT2D eigenvalue weighted by Crippen LogP contribution is -2.18. The number of nitrogens with zero attached hydrogens (tertiary/aromatic N) is 1. The third kappa shape index (κ3) is 3.16. The molecule has 110 valence electrons. The fourth-order valence-electron chi connectivity index (χ4n) is 1.92. The van der Waals surface area contributed by atoms with Crippen molar-refractivity contribution in [2.75, 3.05) is 0 Å². The summed E-state index contributed by atoms with van der Waals surface area (Å²) in [6.45, 7) is 5.28. The molecule has 1 aromatic carbocycles. The molecule has 1 nitrogen and oxygen atoms in total. The van der Waals surface area contributed by atoms with Crippen LogP contribution in [0, 0.1) is 5.82 Å². The van der Waals surface area contributed by atoms with E-state index in [2.05, 4.69) is 20.8 Å². The van der Waals surface area contributed by atoms with Gasteiger partial charge in [0.05, 0.1) is 0 Å². The summed E-state index contributed by atoms with van der Waals surface area (Å²) < 4.78 is 42.7. The van der Waals surface area contributed by atoms with E-state index in [0.717, 1.165) is 5.56 Å². The molecule has 21 heavy (non-hydrogen) atoms. The van der Waals surface area contributed by atoms with E-state index in [1.165, 1.54) is 30.5 Å². The summed E-state index contributed by atoms with van der Waals surface area (Å²) in [7, 11) is 2.31. The predicted molar refractivity (Wildman–Crippen MR) is 82.3 cm³/mol. The third-order valence-corrected chi connectivity index (χ3v) is 3.61. The molecule has 0 saturated heterocycles. The number of rotatable bonds is 4. The molecule has 0 spiro atoms. The van der Waals surface area contributed by atoms with Gasteiger partial charge in [-0.25, -0.2) is 4.39 Å². The smallest absolute Gasteiger partial charge is 0.254 e. The fourth-order valence-corrected chi connectivity index (χ4v) is 2.16. The van der Waals surface area contributed by atoms with Gasteiger partial charge in [0, 0.05) is 17.3 Å². The van der Waals surface area contributed by atoms with Gasteiger partial charge in [0.15, 0.2) is 0 Å². The zero-order valence-electron chi connectivity index (χ0n) is 11.5. The maximum atomic E-state index is 14.4. The van der Waals surface area contributed by atoms with Gasteiger partial charge in [-0.05, 0) is 29.4 Å². The molecule has 2 aromatic rings. The topological polar surface area (TPSA) is 12.9 Å². The largest absolute Gasteiger partial charge is 0.315 e. The van der Waals surface area contributed by atoms with Gasteiger partial charge >= 0.3 is 5.92 Å². The first-order valence-corrected chi connectivity index (χ1v) is 7.02. The van der Waals surface area contributed by atoms with Crippen LogP contribution in [0.3, 0.4) is 0 Å². The number of hydrogen-bond acceptors (Lipinski definition) is 1. The molecule has 0 fully saturated rings. The molecule has 5 heteroatoms. The van der Waals surface area contributed by atoms with Crippen LogP contribution in [0.15, 0.2) is 43.1 Å². The molecule has 1 unspecified atom stereocenters. The van der Waals surface area contributed by atoms with Gasteiger partial charge < -0.3 is 0 Å². The van der Waals surface area contributed by atoms with Gasteiger partial charge in [-0.3, -0.25) is 4.98 Å². The van der Waals surface area contributed by atoms with Crippen LogP contribution in [0.2, 0.25) is 0 Å². The summed E-state index contributed by atoms with van der Waals surface area (Å²) in [4.78, 5) is 3.78. The summed E-state index contributed by atoms with van der Waals surface area (Å²) in [5.41, 5.74) is -0.368. The number of alkyl halides is 2. The first kappa shape index (κ1) is 15.7. The number of pyridine rings is 1. The number of aromatic nitrogens is 1. The Morgan fingerprint density at radius 2 is 2.00 bits per heavy atom. The van der Waals surface area contributed by atoms with Gasteiger partial charge in [0.1, 0.15) is 11.5 Å². The standard InChI is InChI=1S/C16H15F3NP/c1-3-11-4-7-15(20-9-11)16(18,19)10(2)13-6-5-12(21)8-14(13)17/h4-9H,2-3,21H2,1H3. The lowest BCUT2D eigenvalue weighted by molar-refractivity contribution is 0.0593. The highest BCUT2D eigenvalue weighted by Gasteiger charge is 2.38. The van der Waals surface area contributed by atoms with Crippen molar-refractivity contribution < 1.29 is 13.2 Å². The van der Waals surface area contributed by atoms with Crippen LogP contribution in [0.1, 0.15) is 23.7 Å². The Morgan fingerprint density at radius 3 is 2.52 bits per heavy atom. The summed E-state index contributed by atoms with van der Waals surface area (Å²) >= 11 is 0. The Morgan fingerprint density at radius 1 is 1.29 bits per heavy atom. The number of halogens is 3. The number of aryl methyl sites for hydroxylation is 1. The molecule has 0 aliphatic rings. The Hall–Kier alpha value is -1.67. The Kier molecular flexibility index (Phi) is 4.48. The van der Waals surface area contributed by atoms with Crippen LogP contribution in [-0.2, 0) is 12.3 Å². The molecule has 1 heterocycles. The highest BCUT2D eigenvalue weighted by molar-refractivity contribution is 7.27. The Labute approximate surface area is 124 Å². The summed E-state index contributed by atoms with van der Waals surface area (Å²) in [6, 6.07) is 6.86. The lowest BCUT2D eigenvalue weighted by Gasteiger charge is -2.19. The van der Waals surface area contributed by atoms with Crippen molar-refractivity contribution in [3.8, 4) is 0 Å². The van der Waals surface area contributed by atoms with Crippen molar-refractivity contribution in [1.82, 2.24) is 4.98 Å². The van der Waals surface area contributed by atoms with E-state index < -0.39 is 23.0 Å². The normalized spacial score (nSPS) is 11.5. The number of allylic oxidation sites excluding steroid dienone is 1. The van der Waals surface area contributed by atoms with Crippen molar-refractivity contribution in [2.24, 2.45) is 0 Å². The van der Waals surface area contributed by atoms with Crippen molar-refractivity contribution in [3.63, 3.8) is 0 Å². The lowest BCUT2D eigenvalue weighted by atomic mass is 9.98. The molecule has 0 saturated carbocycles. The monoisotopic (exact) mass is 309 g/mol. The van der Waals surface area contributed by atoms with Crippen LogP contribution in [0.25, 0.3) is 5.57 Å². The third-order valence-electron chi connectivity index (χ3n) is 3.25. The molecule has 0 aliphatic heterocycles. The highest BCUT2D eigenvalue weighted by Crippen LogP contribution is 2.40. The molecule has 1 aromatic heterocycles. The van der Waals surface area contributed by atoms with E-state index in [9.17, 15) is 13.2 Å². The van der Waals surface area contributed by atoms with Gasteiger partial charge in [0.25, 0.3) is 0 Å². The van der Waals surface area contributed by atoms with Crippen LogP contribution in [0.5, 0.6) is 0 Å². The first-order chi connectivity index (χ1) is 9.86. The minimum atomic E-state index is -3.42. The van der Waals surface area contributed by atoms with Gasteiger partial charge in [0.2, 0.25) is 0 Å². The van der Waals surface area contributed by atoms with E-state index in [-0.39, 0.29) is 5.56 Å². The van der Waals surface area contributed by atoms with E-state index in [4.69, 9.17) is 0 Å². The molecule has 0 aliphatic carbocycles. The van der Waals surface area contributed by atoms with E-state index in [1.807, 2.05) is 6.92 Å². The summed E-state index contributed by atoms with van der Waals surface area (Å²) in [6.07, 6.45) is 2.11. The zero-order chi connectivity index (χ0) is 15.6. The second kappa shape index (κ2) is 5.98. The molecule has 0 bridgehead atoms. The van der Waals surface area contributed by atoms with Crippen molar-refractivity contribution in [2.45, 2.75) is 19.3 Å². The molecular formula is C16H15F3NP. The zero-order valence-corrected chi connectivity index (χ0v) is 12.7. The SMILES string of the molecule is C=C(c1ccc(P)cc1F)C(F)(F)c1ccc(CC)cn1. The van der Waals surface area contributed by atoms with E-state index in [0.29, 0.717) is 11.7 Å². The van der Waals surface area contributed by atoms with Crippen LogP contribution in [-0.4, -0.2) is 4.98 Å². The minimum Gasteiger partial charge on any atom is -0.254 e. The quantitative estimate of drug-likeness (QED) is 0.775. The maximum absolute atomic E-state index is 14.4. The Bertz CT molecular complexity index is 666. The average molecular weight is 309 g/mol. The average Bonchev–Trinajstić information content (AvgIpc) is 2.46. The van der Waals surface area contributed by atoms with E-state index in [1.54, 1.807) is 6.07 Å². The molecular weight excluding hydrogens is 294 g/mol. The molecule has 0 amide bonds. The van der Waals surface area contributed by atoms with Crippen LogP contribution < -0.4 is 5.30 Å². The second-order valence-corrected chi connectivity index (χ2v) is 5.36. The molecule has 1 atom stereocenters. The second-order valence-electron chi connectivity index (χ2n) is 4.70. The van der Waals surface area contributed by atoms with Gasteiger partial charge in [-0.15, -0.1) is 9.24 Å². The number of benzene rings is 1. The van der Waals surface area contributed by atoms with Crippen molar-refractivity contribution in [3.05, 3.63) is 65.7 Å². The predicted octanol–water partition coefficient (Wildman–Crippen LogP) is 4.09. The van der Waals surface area contributed by atoms with Crippen LogP contribution >= 0.6 is 9.24 Å². The minimum absolute atomic E-state index is 0.201. The fraction of sp³-hybridized carbons (Fsp3) is 0.188. The van der Waals surface area contributed by atoms with Crippen LogP contribution in [0.4, 0.5) is 13.2 Å². The van der Waals surface area contributed by atoms with Crippen molar-refractivity contribution >= 4 is 20.1 Å². The van der Waals surface area contributed by atoms with Gasteiger partial charge in [-0.2, -0.15) is 8.78 Å². The maximum Gasteiger partial charge on any atom is 0.315 e. The highest BCUT2D eigenvalue weighted by atomic mass is 31.0. The summed E-state index contributed by atoms with van der Waals surface area (Å²) in [5.74, 6) is -4.15. The van der Waals surface area contributed by atoms with Crippen molar-refractivity contribution in [1.29, 1.82) is 0 Å². The summed E-state index contributed by atoms with van der Waals surface area (Å²) in [5, 5.41) is 0.581. The first-order valence-electron chi connectivity index (χ1n) is 6.44. The molecule has 2 rings (SSSR count).